The van der Waals surface area contributed by atoms with Crippen molar-refractivity contribution in [3.63, 3.8) is 0 Å². The molecule has 0 unspecified atom stereocenters. The van der Waals surface area contributed by atoms with Gasteiger partial charge >= 0.3 is 0 Å². The molecule has 0 bridgehead atoms. The molecule has 0 aliphatic carbocycles. The van der Waals surface area contributed by atoms with Crippen LogP contribution in [0.25, 0.3) is 0 Å². The van der Waals surface area contributed by atoms with Crippen LogP contribution < -0.4 is 15.4 Å². The maximum atomic E-state index is 13.6. The lowest BCUT2D eigenvalue weighted by Crippen LogP contribution is -2.40. The van der Waals surface area contributed by atoms with Gasteiger partial charge in [0.05, 0.1) is 6.54 Å². The number of guanidine groups is 1. The van der Waals surface area contributed by atoms with Gasteiger partial charge in [0.25, 0.3) is 0 Å². The topological polar surface area (TPSA) is 76.4 Å². The van der Waals surface area contributed by atoms with Crippen molar-refractivity contribution in [1.29, 1.82) is 0 Å². The average Bonchev–Trinajstić information content (AvgIpc) is 3.35. The fourth-order valence-electron chi connectivity index (χ4n) is 2.59. The second kappa shape index (κ2) is 10.7. The van der Waals surface area contributed by atoms with Crippen LogP contribution in [0.2, 0.25) is 0 Å². The number of rotatable bonds is 9. The van der Waals surface area contributed by atoms with Gasteiger partial charge in [-0.3, -0.25) is 0 Å². The number of aliphatic imine (C=N–C) groups is 1. The standard InChI is InChI=1S/C20H24F2N6OS/c1-14-26-27-19(28(14)2)13-25-20(23-8-7-16-4-3-11-30-16)24-9-10-29-18-6-5-15(21)12-17(18)22/h3-6,11-12H,7-10,13H2,1-2H3,(H2,23,24,25). The first-order valence-corrected chi connectivity index (χ1v) is 10.4. The van der Waals surface area contributed by atoms with Crippen molar-refractivity contribution in [3.05, 3.63) is 63.9 Å². The maximum Gasteiger partial charge on any atom is 0.191 e. The fraction of sp³-hybridized carbons (Fsp3) is 0.350. The van der Waals surface area contributed by atoms with Gasteiger partial charge in [0.15, 0.2) is 23.4 Å². The van der Waals surface area contributed by atoms with Crippen LogP contribution in [0, 0.1) is 18.6 Å². The Balaban J connectivity index is 1.53. The highest BCUT2D eigenvalue weighted by Gasteiger charge is 2.07. The molecule has 30 heavy (non-hydrogen) atoms. The minimum atomic E-state index is -0.726. The van der Waals surface area contributed by atoms with Gasteiger partial charge in [-0.25, -0.2) is 13.8 Å². The number of halogens is 2. The Morgan fingerprint density at radius 1 is 1.20 bits per heavy atom. The highest BCUT2D eigenvalue weighted by molar-refractivity contribution is 7.09. The molecule has 2 N–H and O–H groups in total. The van der Waals surface area contributed by atoms with Crippen molar-refractivity contribution in [2.45, 2.75) is 19.9 Å². The summed E-state index contributed by atoms with van der Waals surface area (Å²) >= 11 is 1.71. The molecular weight excluding hydrogens is 410 g/mol. The normalized spacial score (nSPS) is 11.5. The van der Waals surface area contributed by atoms with E-state index in [1.807, 2.05) is 30.0 Å². The molecule has 0 aliphatic rings. The van der Waals surface area contributed by atoms with Gasteiger partial charge in [-0.15, -0.1) is 21.5 Å². The lowest BCUT2D eigenvalue weighted by molar-refractivity contribution is 0.304. The van der Waals surface area contributed by atoms with Crippen molar-refractivity contribution in [1.82, 2.24) is 25.4 Å². The first-order chi connectivity index (χ1) is 14.5. The maximum absolute atomic E-state index is 13.6. The van der Waals surface area contributed by atoms with Crippen LogP contribution in [-0.2, 0) is 20.0 Å². The Bertz CT molecular complexity index is 974. The van der Waals surface area contributed by atoms with E-state index in [1.165, 1.54) is 10.9 Å². The molecule has 0 spiro atoms. The number of aromatic nitrogens is 3. The Hall–Kier alpha value is -3.01. The SMILES string of the molecule is Cc1nnc(CN=C(NCCOc2ccc(F)cc2F)NCCc2cccs2)n1C. The molecule has 7 nitrogen and oxygen atoms in total. The molecule has 2 aromatic heterocycles. The fourth-order valence-corrected chi connectivity index (χ4v) is 3.30. The monoisotopic (exact) mass is 434 g/mol. The third-order valence-corrected chi connectivity index (χ3v) is 5.29. The number of thiophene rings is 1. The van der Waals surface area contributed by atoms with E-state index in [0.29, 0.717) is 25.6 Å². The number of benzene rings is 1. The zero-order valence-corrected chi connectivity index (χ0v) is 17.7. The Kier molecular flexibility index (Phi) is 7.72. The number of hydrogen-bond donors (Lipinski definition) is 2. The van der Waals surface area contributed by atoms with E-state index in [0.717, 1.165) is 30.2 Å². The number of hydrogen-bond acceptors (Lipinski definition) is 5. The second-order valence-corrected chi connectivity index (χ2v) is 7.53. The van der Waals surface area contributed by atoms with Gasteiger partial charge in [0, 0.05) is 24.5 Å². The molecule has 0 atom stereocenters. The van der Waals surface area contributed by atoms with Crippen molar-refractivity contribution in [2.75, 3.05) is 19.7 Å². The summed E-state index contributed by atoms with van der Waals surface area (Å²) in [6.07, 6.45) is 0.874. The van der Waals surface area contributed by atoms with E-state index in [9.17, 15) is 8.78 Å². The van der Waals surface area contributed by atoms with E-state index < -0.39 is 11.6 Å². The van der Waals surface area contributed by atoms with Gasteiger partial charge in [0.1, 0.15) is 24.8 Å². The van der Waals surface area contributed by atoms with E-state index in [-0.39, 0.29) is 12.4 Å². The van der Waals surface area contributed by atoms with Gasteiger partial charge in [-0.05, 0) is 36.9 Å². The largest absolute Gasteiger partial charge is 0.489 e. The molecule has 3 rings (SSSR count). The summed E-state index contributed by atoms with van der Waals surface area (Å²) in [7, 11) is 1.89. The highest BCUT2D eigenvalue weighted by Crippen LogP contribution is 2.17. The predicted molar refractivity (Wildman–Crippen MR) is 113 cm³/mol. The molecule has 2 heterocycles. The smallest absolute Gasteiger partial charge is 0.191 e. The summed E-state index contributed by atoms with van der Waals surface area (Å²) in [6.45, 7) is 3.53. The second-order valence-electron chi connectivity index (χ2n) is 6.49. The summed E-state index contributed by atoms with van der Waals surface area (Å²) in [6, 6.07) is 7.34. The van der Waals surface area contributed by atoms with Gasteiger partial charge in [-0.1, -0.05) is 6.07 Å². The van der Waals surface area contributed by atoms with E-state index in [4.69, 9.17) is 4.74 Å². The lowest BCUT2D eigenvalue weighted by Gasteiger charge is -2.13. The summed E-state index contributed by atoms with van der Waals surface area (Å²) in [5.74, 6) is 0.802. The molecule has 160 valence electrons. The Morgan fingerprint density at radius 2 is 2.03 bits per heavy atom. The van der Waals surface area contributed by atoms with Gasteiger partial charge < -0.3 is 19.9 Å². The first-order valence-electron chi connectivity index (χ1n) is 9.50. The number of nitrogens with one attached hydrogen (secondary N) is 2. The van der Waals surface area contributed by atoms with Crippen molar-refractivity contribution < 1.29 is 13.5 Å². The van der Waals surface area contributed by atoms with Crippen LogP contribution >= 0.6 is 11.3 Å². The average molecular weight is 435 g/mol. The van der Waals surface area contributed by atoms with Crippen LogP contribution in [0.5, 0.6) is 5.75 Å². The lowest BCUT2D eigenvalue weighted by atomic mass is 10.3. The Morgan fingerprint density at radius 3 is 2.73 bits per heavy atom. The summed E-state index contributed by atoms with van der Waals surface area (Å²) in [4.78, 5) is 5.83. The number of nitrogens with zero attached hydrogens (tertiary/aromatic N) is 4. The molecule has 0 fully saturated rings. The minimum Gasteiger partial charge on any atom is -0.489 e. The molecule has 0 radical (unpaired) electrons. The van der Waals surface area contributed by atoms with Crippen molar-refractivity contribution in [3.8, 4) is 5.75 Å². The molecule has 1 aromatic carbocycles. The number of ether oxygens (including phenoxy) is 1. The molecule has 0 saturated carbocycles. The summed E-state index contributed by atoms with van der Waals surface area (Å²) < 4.78 is 33.9. The van der Waals surface area contributed by atoms with Crippen LogP contribution in [0.1, 0.15) is 16.5 Å². The summed E-state index contributed by atoms with van der Waals surface area (Å²) in [5, 5.41) is 16.6. The van der Waals surface area contributed by atoms with E-state index in [2.05, 4.69) is 31.9 Å². The van der Waals surface area contributed by atoms with Crippen LogP contribution in [0.15, 0.2) is 40.7 Å². The molecule has 10 heteroatoms. The van der Waals surface area contributed by atoms with Crippen LogP contribution in [-0.4, -0.2) is 40.4 Å². The molecule has 0 amide bonds. The van der Waals surface area contributed by atoms with Gasteiger partial charge in [0.2, 0.25) is 0 Å². The van der Waals surface area contributed by atoms with E-state index >= 15 is 0 Å². The quantitative estimate of drug-likeness (QED) is 0.308. The predicted octanol–water partition coefficient (Wildman–Crippen LogP) is 2.82. The zero-order chi connectivity index (χ0) is 21.3. The highest BCUT2D eigenvalue weighted by atomic mass is 32.1. The minimum absolute atomic E-state index is 0.0110. The van der Waals surface area contributed by atoms with E-state index in [1.54, 1.807) is 11.3 Å². The Labute approximate surface area is 177 Å². The molecular formula is C20H24F2N6OS. The first kappa shape index (κ1) is 21.7. The van der Waals surface area contributed by atoms with Crippen LogP contribution in [0.4, 0.5) is 8.78 Å². The van der Waals surface area contributed by atoms with Crippen LogP contribution in [0.3, 0.4) is 0 Å². The third kappa shape index (κ3) is 6.24. The summed E-state index contributed by atoms with van der Waals surface area (Å²) in [5.41, 5.74) is 0. The van der Waals surface area contributed by atoms with Crippen molar-refractivity contribution in [2.24, 2.45) is 12.0 Å². The molecule has 0 saturated heterocycles. The third-order valence-electron chi connectivity index (χ3n) is 4.35. The van der Waals surface area contributed by atoms with Gasteiger partial charge in [-0.2, -0.15) is 0 Å². The molecule has 0 aliphatic heterocycles. The van der Waals surface area contributed by atoms with Crippen molar-refractivity contribution >= 4 is 17.3 Å². The molecule has 3 aromatic rings. The zero-order valence-electron chi connectivity index (χ0n) is 16.9. The number of aryl methyl sites for hydroxylation is 1.